The molecule has 0 saturated heterocycles. The quantitative estimate of drug-likeness (QED) is 0.670. The molecule has 148 valence electrons. The van der Waals surface area contributed by atoms with E-state index in [1.807, 2.05) is 37.3 Å². The van der Waals surface area contributed by atoms with E-state index in [1.54, 1.807) is 13.8 Å². The summed E-state index contributed by atoms with van der Waals surface area (Å²) >= 11 is 0. The topological polar surface area (TPSA) is 74.8 Å². The van der Waals surface area contributed by atoms with Gasteiger partial charge in [-0.15, -0.1) is 0 Å². The molecular formula is C19H26N2O4S2. The van der Waals surface area contributed by atoms with Crippen molar-refractivity contribution in [2.24, 2.45) is 0 Å². The van der Waals surface area contributed by atoms with Crippen LogP contribution in [0, 0.1) is 0 Å². The Morgan fingerprint density at radius 2 is 1.22 bits per heavy atom. The van der Waals surface area contributed by atoms with E-state index in [9.17, 15) is 16.8 Å². The van der Waals surface area contributed by atoms with Crippen LogP contribution in [0.2, 0.25) is 0 Å². The lowest BCUT2D eigenvalue weighted by molar-refractivity contribution is 0.398. The lowest BCUT2D eigenvalue weighted by Gasteiger charge is -2.25. The lowest BCUT2D eigenvalue weighted by Crippen LogP contribution is -2.31. The van der Waals surface area contributed by atoms with Crippen LogP contribution < -0.4 is 0 Å². The minimum atomic E-state index is -3.76. The smallest absolute Gasteiger partial charge is 0.207 e. The number of benzene rings is 2. The minimum absolute atomic E-state index is 0.0614. The second-order valence-corrected chi connectivity index (χ2v) is 10.1. The van der Waals surface area contributed by atoms with Crippen molar-refractivity contribution < 1.29 is 16.8 Å². The van der Waals surface area contributed by atoms with Crippen LogP contribution in [-0.2, 0) is 20.0 Å². The lowest BCUT2D eigenvalue weighted by atomic mass is 10.1. The number of hydrogen-bond acceptors (Lipinski definition) is 4. The molecule has 2 rings (SSSR count). The standard InChI is InChI=1S/C19H26N2O4S2/c1-5-21(6-2)27(24,25)19-14-12-18(13-15-19)26(22,23)20(4)16(3)17-10-8-7-9-11-17/h7-16H,5-6H2,1-4H3. The Balaban J connectivity index is 2.32. The monoisotopic (exact) mass is 410 g/mol. The maximum absolute atomic E-state index is 12.9. The summed E-state index contributed by atoms with van der Waals surface area (Å²) in [5.41, 5.74) is 0.879. The first-order valence-corrected chi connectivity index (χ1v) is 11.7. The van der Waals surface area contributed by atoms with Gasteiger partial charge in [-0.05, 0) is 36.8 Å². The van der Waals surface area contributed by atoms with Crippen LogP contribution in [0.25, 0.3) is 0 Å². The Morgan fingerprint density at radius 1 is 0.778 bits per heavy atom. The van der Waals surface area contributed by atoms with Crippen molar-refractivity contribution in [2.45, 2.75) is 36.6 Å². The molecule has 0 bridgehead atoms. The van der Waals surface area contributed by atoms with E-state index in [-0.39, 0.29) is 15.8 Å². The molecule has 0 fully saturated rings. The normalized spacial score (nSPS) is 13.9. The van der Waals surface area contributed by atoms with Crippen molar-refractivity contribution >= 4 is 20.0 Å². The molecule has 0 spiro atoms. The highest BCUT2D eigenvalue weighted by molar-refractivity contribution is 7.89. The van der Waals surface area contributed by atoms with Gasteiger partial charge in [0.05, 0.1) is 9.79 Å². The van der Waals surface area contributed by atoms with Crippen molar-refractivity contribution in [1.29, 1.82) is 0 Å². The van der Waals surface area contributed by atoms with Crippen LogP contribution in [0.15, 0.2) is 64.4 Å². The molecule has 0 amide bonds. The van der Waals surface area contributed by atoms with Gasteiger partial charge in [0.2, 0.25) is 20.0 Å². The molecule has 8 heteroatoms. The van der Waals surface area contributed by atoms with Crippen LogP contribution in [0.1, 0.15) is 32.4 Å². The average Bonchev–Trinajstić information content (AvgIpc) is 2.68. The van der Waals surface area contributed by atoms with Gasteiger partial charge in [-0.3, -0.25) is 0 Å². The summed E-state index contributed by atoms with van der Waals surface area (Å²) < 4.78 is 53.6. The summed E-state index contributed by atoms with van der Waals surface area (Å²) in [5, 5.41) is 0. The van der Waals surface area contributed by atoms with Gasteiger partial charge in [-0.25, -0.2) is 16.8 Å². The van der Waals surface area contributed by atoms with Gasteiger partial charge in [0.1, 0.15) is 0 Å². The average molecular weight is 411 g/mol. The number of hydrogen-bond donors (Lipinski definition) is 0. The van der Waals surface area contributed by atoms with Crippen molar-refractivity contribution in [3.8, 4) is 0 Å². The fourth-order valence-corrected chi connectivity index (χ4v) is 5.62. The van der Waals surface area contributed by atoms with E-state index in [1.165, 1.54) is 39.9 Å². The number of sulfonamides is 2. The fraction of sp³-hybridized carbons (Fsp3) is 0.368. The Bertz CT molecular complexity index is 953. The van der Waals surface area contributed by atoms with Crippen molar-refractivity contribution in [3.63, 3.8) is 0 Å². The first kappa shape index (κ1) is 21.6. The summed E-state index contributed by atoms with van der Waals surface area (Å²) in [7, 11) is -5.85. The van der Waals surface area contributed by atoms with E-state index in [2.05, 4.69) is 0 Å². The second kappa shape index (κ2) is 8.52. The predicted octanol–water partition coefficient (Wildman–Crippen LogP) is 3.10. The van der Waals surface area contributed by atoms with Gasteiger partial charge in [0, 0.05) is 26.2 Å². The summed E-state index contributed by atoms with van der Waals surface area (Å²) in [4.78, 5) is 0.148. The Kier molecular flexibility index (Phi) is 6.80. The maximum atomic E-state index is 12.9. The zero-order valence-electron chi connectivity index (χ0n) is 16.0. The molecule has 0 aliphatic rings. The summed E-state index contributed by atoms with van der Waals surface area (Å²) in [6.07, 6.45) is 0. The molecule has 0 saturated carbocycles. The SMILES string of the molecule is CCN(CC)S(=O)(=O)c1ccc(S(=O)(=O)N(C)C(C)c2ccccc2)cc1. The molecular weight excluding hydrogens is 384 g/mol. The molecule has 0 aromatic heterocycles. The molecule has 0 N–H and O–H groups in total. The van der Waals surface area contributed by atoms with Gasteiger partial charge in [0.25, 0.3) is 0 Å². The van der Waals surface area contributed by atoms with E-state index >= 15 is 0 Å². The van der Waals surface area contributed by atoms with E-state index in [4.69, 9.17) is 0 Å². The van der Waals surface area contributed by atoms with E-state index in [0.717, 1.165) is 5.56 Å². The van der Waals surface area contributed by atoms with Crippen LogP contribution in [0.3, 0.4) is 0 Å². The van der Waals surface area contributed by atoms with Crippen LogP contribution >= 0.6 is 0 Å². The molecule has 2 aromatic carbocycles. The van der Waals surface area contributed by atoms with Crippen molar-refractivity contribution in [2.75, 3.05) is 20.1 Å². The summed E-state index contributed by atoms with van der Waals surface area (Å²) in [6.45, 7) is 6.05. The number of nitrogens with zero attached hydrogens (tertiary/aromatic N) is 2. The zero-order valence-corrected chi connectivity index (χ0v) is 17.7. The molecule has 1 atom stereocenters. The van der Waals surface area contributed by atoms with Crippen molar-refractivity contribution in [1.82, 2.24) is 8.61 Å². The zero-order chi connectivity index (χ0) is 20.2. The molecule has 6 nitrogen and oxygen atoms in total. The highest BCUT2D eigenvalue weighted by Gasteiger charge is 2.27. The maximum Gasteiger partial charge on any atom is 0.243 e. The van der Waals surface area contributed by atoms with Gasteiger partial charge in [-0.1, -0.05) is 44.2 Å². The predicted molar refractivity (Wildman–Crippen MR) is 106 cm³/mol. The Labute approximate surface area is 162 Å². The van der Waals surface area contributed by atoms with Crippen LogP contribution in [-0.4, -0.2) is 45.6 Å². The fourth-order valence-electron chi connectivity index (χ4n) is 2.81. The molecule has 0 aliphatic carbocycles. The number of rotatable bonds is 8. The van der Waals surface area contributed by atoms with Gasteiger partial charge in [0.15, 0.2) is 0 Å². The Morgan fingerprint density at radius 3 is 1.67 bits per heavy atom. The molecule has 2 aromatic rings. The third-order valence-corrected chi connectivity index (χ3v) is 8.68. The van der Waals surface area contributed by atoms with Crippen LogP contribution in [0.4, 0.5) is 0 Å². The van der Waals surface area contributed by atoms with Gasteiger partial charge < -0.3 is 0 Å². The van der Waals surface area contributed by atoms with Gasteiger partial charge >= 0.3 is 0 Å². The second-order valence-electron chi connectivity index (χ2n) is 6.17. The third-order valence-electron chi connectivity index (χ3n) is 4.67. The minimum Gasteiger partial charge on any atom is -0.207 e. The van der Waals surface area contributed by atoms with E-state index in [0.29, 0.717) is 13.1 Å². The third kappa shape index (κ3) is 4.40. The molecule has 27 heavy (non-hydrogen) atoms. The van der Waals surface area contributed by atoms with Gasteiger partial charge in [-0.2, -0.15) is 8.61 Å². The summed E-state index contributed by atoms with van der Waals surface area (Å²) in [5.74, 6) is 0. The largest absolute Gasteiger partial charge is 0.243 e. The first-order valence-electron chi connectivity index (χ1n) is 8.79. The highest BCUT2D eigenvalue weighted by Crippen LogP contribution is 2.26. The summed E-state index contributed by atoms with van der Waals surface area (Å²) in [6, 6.07) is 14.4. The molecule has 1 unspecified atom stereocenters. The van der Waals surface area contributed by atoms with Crippen molar-refractivity contribution in [3.05, 3.63) is 60.2 Å². The molecule has 0 aliphatic heterocycles. The van der Waals surface area contributed by atoms with Crippen LogP contribution in [0.5, 0.6) is 0 Å². The van der Waals surface area contributed by atoms with E-state index < -0.39 is 20.0 Å². The Hall–Kier alpha value is -1.74. The first-order chi connectivity index (χ1) is 12.7. The molecule has 0 heterocycles. The molecule has 0 radical (unpaired) electrons. The highest BCUT2D eigenvalue weighted by atomic mass is 32.2.